The minimum Gasteiger partial charge on any atom is -0.347 e. The summed E-state index contributed by atoms with van der Waals surface area (Å²) < 4.78 is 13.0. The van der Waals surface area contributed by atoms with Crippen molar-refractivity contribution >= 4 is 5.91 Å². The van der Waals surface area contributed by atoms with E-state index in [2.05, 4.69) is 17.1 Å². The Morgan fingerprint density at radius 1 is 1.13 bits per heavy atom. The summed E-state index contributed by atoms with van der Waals surface area (Å²) in [6, 6.07) is 5.99. The molecule has 1 saturated heterocycles. The molecule has 1 heterocycles. The summed E-state index contributed by atoms with van der Waals surface area (Å²) in [6.45, 7) is 4.59. The van der Waals surface area contributed by atoms with Gasteiger partial charge >= 0.3 is 0 Å². The first-order valence-electron chi connectivity index (χ1n) is 8.91. The fourth-order valence-electron chi connectivity index (χ4n) is 4.17. The molecule has 23 heavy (non-hydrogen) atoms. The zero-order chi connectivity index (χ0) is 16.3. The van der Waals surface area contributed by atoms with Crippen molar-refractivity contribution in [2.45, 2.75) is 63.5 Å². The number of benzene rings is 1. The van der Waals surface area contributed by atoms with E-state index >= 15 is 0 Å². The van der Waals surface area contributed by atoms with Crippen molar-refractivity contribution in [3.8, 4) is 0 Å². The largest absolute Gasteiger partial charge is 0.347 e. The number of carbonyl (C=O) groups excluding carboxylic acids is 1. The summed E-state index contributed by atoms with van der Waals surface area (Å²) in [5, 5.41) is 3.24. The zero-order valence-corrected chi connectivity index (χ0v) is 14.0. The van der Waals surface area contributed by atoms with Gasteiger partial charge in [0.25, 0.3) is 5.91 Å². The number of carbonyl (C=O) groups is 1. The standard InChI is InChI=1S/C19H27FN2O/c1-19(22-13-5-2-6-14-22)12-4-3-7-17(19)21-18(23)15-8-10-16(20)11-9-15/h8-11,17H,2-7,12-14H2,1H3,(H,21,23). The van der Waals surface area contributed by atoms with E-state index in [4.69, 9.17) is 0 Å². The van der Waals surface area contributed by atoms with Crippen LogP contribution in [0.1, 0.15) is 62.2 Å². The Balaban J connectivity index is 1.73. The van der Waals surface area contributed by atoms with Crippen LogP contribution in [0.3, 0.4) is 0 Å². The van der Waals surface area contributed by atoms with Gasteiger partial charge < -0.3 is 5.32 Å². The van der Waals surface area contributed by atoms with Crippen LogP contribution >= 0.6 is 0 Å². The van der Waals surface area contributed by atoms with Crippen LogP contribution < -0.4 is 5.32 Å². The summed E-state index contributed by atoms with van der Waals surface area (Å²) >= 11 is 0. The highest BCUT2D eigenvalue weighted by molar-refractivity contribution is 5.94. The van der Waals surface area contributed by atoms with Crippen molar-refractivity contribution < 1.29 is 9.18 Å². The van der Waals surface area contributed by atoms with Gasteiger partial charge in [0, 0.05) is 17.1 Å². The highest BCUT2D eigenvalue weighted by Crippen LogP contribution is 2.35. The number of likely N-dealkylation sites (tertiary alicyclic amines) is 1. The first kappa shape index (κ1) is 16.4. The normalized spacial score (nSPS) is 29.2. The van der Waals surface area contributed by atoms with E-state index in [9.17, 15) is 9.18 Å². The lowest BCUT2D eigenvalue weighted by atomic mass is 9.76. The highest BCUT2D eigenvalue weighted by atomic mass is 19.1. The molecule has 126 valence electrons. The molecule has 1 saturated carbocycles. The van der Waals surface area contributed by atoms with Gasteiger partial charge in [0.05, 0.1) is 0 Å². The highest BCUT2D eigenvalue weighted by Gasteiger charge is 2.42. The average molecular weight is 318 g/mol. The minimum atomic E-state index is -0.308. The Bertz CT molecular complexity index is 539. The summed E-state index contributed by atoms with van der Waals surface area (Å²) in [5.74, 6) is -0.391. The van der Waals surface area contributed by atoms with Crippen LogP contribution in [0.2, 0.25) is 0 Å². The second-order valence-electron chi connectivity index (χ2n) is 7.18. The van der Waals surface area contributed by atoms with Gasteiger partial charge in [-0.2, -0.15) is 0 Å². The van der Waals surface area contributed by atoms with Gasteiger partial charge in [-0.25, -0.2) is 4.39 Å². The number of rotatable bonds is 3. The topological polar surface area (TPSA) is 32.3 Å². The molecule has 1 amide bonds. The smallest absolute Gasteiger partial charge is 0.251 e. The van der Waals surface area contributed by atoms with Crippen molar-refractivity contribution in [2.24, 2.45) is 0 Å². The maximum Gasteiger partial charge on any atom is 0.251 e. The van der Waals surface area contributed by atoms with Crippen LogP contribution in [0.25, 0.3) is 0 Å². The maximum atomic E-state index is 13.0. The lowest BCUT2D eigenvalue weighted by molar-refractivity contribution is 0.0195. The SMILES string of the molecule is CC1(N2CCCCC2)CCCCC1NC(=O)c1ccc(F)cc1. The van der Waals surface area contributed by atoms with Crippen LogP contribution in [0.15, 0.2) is 24.3 Å². The van der Waals surface area contributed by atoms with Gasteiger partial charge in [-0.3, -0.25) is 9.69 Å². The average Bonchev–Trinajstić information content (AvgIpc) is 2.58. The number of piperidine rings is 1. The molecule has 1 aliphatic carbocycles. The molecule has 0 aromatic heterocycles. The lowest BCUT2D eigenvalue weighted by Gasteiger charge is -2.50. The fraction of sp³-hybridized carbons (Fsp3) is 0.632. The molecule has 3 rings (SSSR count). The van der Waals surface area contributed by atoms with Gasteiger partial charge in [-0.05, 0) is 70.0 Å². The molecule has 1 aromatic carbocycles. The monoisotopic (exact) mass is 318 g/mol. The first-order chi connectivity index (χ1) is 11.1. The van der Waals surface area contributed by atoms with Crippen molar-refractivity contribution in [3.63, 3.8) is 0 Å². The molecule has 1 aromatic rings. The molecule has 4 heteroatoms. The van der Waals surface area contributed by atoms with Crippen molar-refractivity contribution in [3.05, 3.63) is 35.6 Å². The predicted molar refractivity (Wildman–Crippen MR) is 90.0 cm³/mol. The van der Waals surface area contributed by atoms with Gasteiger partial charge in [0.15, 0.2) is 0 Å². The van der Waals surface area contributed by atoms with E-state index in [0.717, 1.165) is 32.4 Å². The number of nitrogens with zero attached hydrogens (tertiary/aromatic N) is 1. The molecule has 2 fully saturated rings. The molecule has 2 atom stereocenters. The lowest BCUT2D eigenvalue weighted by Crippen LogP contribution is -2.62. The van der Waals surface area contributed by atoms with Gasteiger partial charge in [-0.1, -0.05) is 19.3 Å². The number of hydrogen-bond donors (Lipinski definition) is 1. The molecule has 0 spiro atoms. The van der Waals surface area contributed by atoms with E-state index in [1.54, 1.807) is 12.1 Å². The zero-order valence-electron chi connectivity index (χ0n) is 14.0. The number of nitrogens with one attached hydrogen (secondary N) is 1. The molecule has 0 bridgehead atoms. The molecule has 3 nitrogen and oxygen atoms in total. The molecule has 1 N–H and O–H groups in total. The molecule has 1 aliphatic heterocycles. The number of amides is 1. The minimum absolute atomic E-state index is 0.0500. The Morgan fingerprint density at radius 3 is 2.52 bits per heavy atom. The van der Waals surface area contributed by atoms with E-state index < -0.39 is 0 Å². The third-order valence-corrected chi connectivity index (χ3v) is 5.67. The first-order valence-corrected chi connectivity index (χ1v) is 8.91. The Labute approximate surface area is 138 Å². The van der Waals surface area contributed by atoms with Gasteiger partial charge in [-0.15, -0.1) is 0 Å². The predicted octanol–water partition coefficient (Wildman–Crippen LogP) is 3.74. The van der Waals surface area contributed by atoms with Crippen LogP contribution in [0.4, 0.5) is 4.39 Å². The van der Waals surface area contributed by atoms with E-state index in [0.29, 0.717) is 5.56 Å². The molecule has 2 unspecified atom stereocenters. The number of halogens is 1. The summed E-state index contributed by atoms with van der Waals surface area (Å²) in [7, 11) is 0. The van der Waals surface area contributed by atoms with E-state index in [1.807, 2.05) is 0 Å². The van der Waals surface area contributed by atoms with Crippen molar-refractivity contribution in [1.82, 2.24) is 10.2 Å². The summed E-state index contributed by atoms with van der Waals surface area (Å²) in [6.07, 6.45) is 8.40. The van der Waals surface area contributed by atoms with Gasteiger partial charge in [0.2, 0.25) is 0 Å². The Kier molecular flexibility index (Phi) is 5.00. The second kappa shape index (κ2) is 7.00. The van der Waals surface area contributed by atoms with E-state index in [1.165, 1.54) is 37.8 Å². The van der Waals surface area contributed by atoms with Crippen molar-refractivity contribution in [2.75, 3.05) is 13.1 Å². The van der Waals surface area contributed by atoms with Crippen LogP contribution in [0.5, 0.6) is 0 Å². The van der Waals surface area contributed by atoms with Crippen LogP contribution in [-0.2, 0) is 0 Å². The molecular formula is C19H27FN2O. The molecule has 0 radical (unpaired) electrons. The third-order valence-electron chi connectivity index (χ3n) is 5.67. The van der Waals surface area contributed by atoms with E-state index in [-0.39, 0.29) is 23.3 Å². The Hall–Kier alpha value is -1.42. The maximum absolute atomic E-state index is 13.0. The van der Waals surface area contributed by atoms with Crippen LogP contribution in [0, 0.1) is 5.82 Å². The quantitative estimate of drug-likeness (QED) is 0.921. The molecular weight excluding hydrogens is 291 g/mol. The van der Waals surface area contributed by atoms with Crippen LogP contribution in [-0.4, -0.2) is 35.5 Å². The number of hydrogen-bond acceptors (Lipinski definition) is 2. The third kappa shape index (κ3) is 3.57. The summed E-state index contributed by atoms with van der Waals surface area (Å²) in [5.41, 5.74) is 0.590. The molecule has 2 aliphatic rings. The van der Waals surface area contributed by atoms with Crippen molar-refractivity contribution in [1.29, 1.82) is 0 Å². The second-order valence-corrected chi connectivity index (χ2v) is 7.18. The summed E-state index contributed by atoms with van der Waals surface area (Å²) in [4.78, 5) is 15.1. The fourth-order valence-corrected chi connectivity index (χ4v) is 4.17. The van der Waals surface area contributed by atoms with Gasteiger partial charge in [0.1, 0.15) is 5.82 Å². The Morgan fingerprint density at radius 2 is 1.83 bits per heavy atom.